The predicted octanol–water partition coefficient (Wildman–Crippen LogP) is 4.11. The van der Waals surface area contributed by atoms with Gasteiger partial charge in [0.25, 0.3) is 5.56 Å². The maximum absolute atomic E-state index is 13.2. The van der Waals surface area contributed by atoms with Gasteiger partial charge in [-0.1, -0.05) is 24.3 Å². The van der Waals surface area contributed by atoms with Crippen LogP contribution in [0.25, 0.3) is 21.8 Å². The monoisotopic (exact) mass is 448 g/mol. The largest absolute Gasteiger partial charge is 0.350 e. The van der Waals surface area contributed by atoms with E-state index in [9.17, 15) is 14.0 Å². The lowest BCUT2D eigenvalue weighted by atomic mass is 10.1. The number of halogens is 1. The molecule has 4 rings (SSSR count). The van der Waals surface area contributed by atoms with Gasteiger partial charge in [-0.15, -0.1) is 11.3 Å². The lowest BCUT2D eigenvalue weighted by molar-refractivity contribution is -0.122. The molecule has 0 bridgehead atoms. The van der Waals surface area contributed by atoms with Gasteiger partial charge in [0.05, 0.1) is 17.9 Å². The third kappa shape index (κ3) is 4.81. The Morgan fingerprint density at radius 2 is 1.81 bits per heavy atom. The zero-order chi connectivity index (χ0) is 22.7. The topological polar surface area (TPSA) is 76.9 Å². The third-order valence-corrected chi connectivity index (χ3v) is 6.20. The molecule has 2 heterocycles. The van der Waals surface area contributed by atoms with Gasteiger partial charge in [0.2, 0.25) is 5.91 Å². The first-order chi connectivity index (χ1) is 15.4. The highest BCUT2D eigenvalue weighted by Crippen LogP contribution is 2.30. The lowest BCUT2D eigenvalue weighted by Crippen LogP contribution is -2.33. The Morgan fingerprint density at radius 1 is 1.06 bits per heavy atom. The zero-order valence-electron chi connectivity index (χ0n) is 17.6. The van der Waals surface area contributed by atoms with Crippen molar-refractivity contribution in [2.24, 2.45) is 0 Å². The summed E-state index contributed by atoms with van der Waals surface area (Å²) < 4.78 is 14.3. The van der Waals surface area contributed by atoms with Crippen molar-refractivity contribution >= 4 is 17.2 Å². The standard InChI is InChI=1S/C24H21FN4O2S/c1-15-5-3-4-6-19(15)24-27-16(2)21(32-24)13-26-22(30)14-29-23(31)12-11-20(28-29)17-7-9-18(25)10-8-17/h3-12H,13-14H2,1-2H3,(H,26,30). The molecule has 32 heavy (non-hydrogen) atoms. The molecule has 1 N–H and O–H groups in total. The summed E-state index contributed by atoms with van der Waals surface area (Å²) in [6.45, 7) is 4.06. The van der Waals surface area contributed by atoms with Gasteiger partial charge in [-0.3, -0.25) is 9.59 Å². The molecule has 0 saturated heterocycles. The second-order valence-electron chi connectivity index (χ2n) is 7.34. The number of benzene rings is 2. The van der Waals surface area contributed by atoms with Gasteiger partial charge in [0.15, 0.2) is 0 Å². The Hall–Kier alpha value is -3.65. The zero-order valence-corrected chi connectivity index (χ0v) is 18.4. The van der Waals surface area contributed by atoms with Gasteiger partial charge in [0.1, 0.15) is 17.4 Å². The summed E-state index contributed by atoms with van der Waals surface area (Å²) in [5.41, 5.74) is 3.84. The van der Waals surface area contributed by atoms with Crippen molar-refractivity contribution in [1.29, 1.82) is 0 Å². The van der Waals surface area contributed by atoms with Crippen molar-refractivity contribution in [3.8, 4) is 21.8 Å². The van der Waals surface area contributed by atoms with Crippen molar-refractivity contribution in [2.45, 2.75) is 26.9 Å². The Balaban J connectivity index is 1.45. The van der Waals surface area contributed by atoms with E-state index in [0.717, 1.165) is 31.4 Å². The summed E-state index contributed by atoms with van der Waals surface area (Å²) >= 11 is 1.54. The lowest BCUT2D eigenvalue weighted by Gasteiger charge is -2.08. The first-order valence-electron chi connectivity index (χ1n) is 10.0. The van der Waals surface area contributed by atoms with Gasteiger partial charge >= 0.3 is 0 Å². The van der Waals surface area contributed by atoms with Gasteiger partial charge in [-0.25, -0.2) is 14.1 Å². The molecule has 0 aliphatic carbocycles. The highest BCUT2D eigenvalue weighted by Gasteiger charge is 2.13. The first-order valence-corrected chi connectivity index (χ1v) is 10.9. The fourth-order valence-corrected chi connectivity index (χ4v) is 4.32. The SMILES string of the molecule is Cc1ccccc1-c1nc(C)c(CNC(=O)Cn2nc(-c3ccc(F)cc3)ccc2=O)s1. The summed E-state index contributed by atoms with van der Waals surface area (Å²) in [6, 6.07) is 16.7. The van der Waals surface area contributed by atoms with E-state index in [1.807, 2.05) is 38.1 Å². The number of nitrogens with zero attached hydrogens (tertiary/aromatic N) is 3. The number of hydrogen-bond donors (Lipinski definition) is 1. The van der Waals surface area contributed by atoms with Crippen LogP contribution >= 0.6 is 11.3 Å². The van der Waals surface area contributed by atoms with Crippen LogP contribution < -0.4 is 10.9 Å². The Morgan fingerprint density at radius 3 is 2.56 bits per heavy atom. The average Bonchev–Trinajstić information content (AvgIpc) is 3.15. The molecule has 4 aromatic rings. The van der Waals surface area contributed by atoms with Crippen molar-refractivity contribution in [2.75, 3.05) is 0 Å². The van der Waals surface area contributed by atoms with Gasteiger partial charge < -0.3 is 5.32 Å². The summed E-state index contributed by atoms with van der Waals surface area (Å²) in [6.07, 6.45) is 0. The minimum atomic E-state index is -0.387. The molecule has 1 amide bonds. The molecule has 2 aromatic carbocycles. The van der Waals surface area contributed by atoms with Crippen LogP contribution in [0.4, 0.5) is 4.39 Å². The van der Waals surface area contributed by atoms with Crippen LogP contribution in [-0.4, -0.2) is 20.7 Å². The van der Waals surface area contributed by atoms with Crippen molar-refractivity contribution < 1.29 is 9.18 Å². The Bertz CT molecular complexity index is 1330. The molecule has 0 atom stereocenters. The van der Waals surface area contributed by atoms with E-state index in [-0.39, 0.29) is 23.8 Å². The fraction of sp³-hybridized carbons (Fsp3) is 0.167. The van der Waals surface area contributed by atoms with Crippen LogP contribution in [0.5, 0.6) is 0 Å². The number of hydrogen-bond acceptors (Lipinski definition) is 5. The van der Waals surface area contributed by atoms with Crippen LogP contribution in [0.15, 0.2) is 65.5 Å². The fourth-order valence-electron chi connectivity index (χ4n) is 3.23. The molecule has 2 aromatic heterocycles. The van der Waals surface area contributed by atoms with E-state index in [1.54, 1.807) is 18.2 Å². The Kier molecular flexibility index (Phi) is 6.23. The number of thiazole rings is 1. The second-order valence-corrected chi connectivity index (χ2v) is 8.42. The molecule has 162 valence electrons. The third-order valence-electron chi connectivity index (χ3n) is 5.01. The normalized spacial score (nSPS) is 10.8. The molecule has 0 aliphatic heterocycles. The molecular weight excluding hydrogens is 427 g/mol. The number of aryl methyl sites for hydroxylation is 2. The number of amides is 1. The number of aromatic nitrogens is 3. The number of nitrogens with one attached hydrogen (secondary N) is 1. The van der Waals surface area contributed by atoms with Crippen LogP contribution in [-0.2, 0) is 17.9 Å². The number of carbonyl (C=O) groups is 1. The van der Waals surface area contributed by atoms with E-state index in [0.29, 0.717) is 17.8 Å². The highest BCUT2D eigenvalue weighted by molar-refractivity contribution is 7.15. The van der Waals surface area contributed by atoms with Crippen LogP contribution in [0.3, 0.4) is 0 Å². The molecule has 0 saturated carbocycles. The van der Waals surface area contributed by atoms with E-state index in [4.69, 9.17) is 0 Å². The van der Waals surface area contributed by atoms with Crippen molar-refractivity contribution in [1.82, 2.24) is 20.1 Å². The first kappa shape index (κ1) is 21.6. The van der Waals surface area contributed by atoms with E-state index in [1.165, 1.54) is 29.5 Å². The summed E-state index contributed by atoms with van der Waals surface area (Å²) in [7, 11) is 0. The van der Waals surface area contributed by atoms with Gasteiger partial charge in [-0.05, 0) is 49.7 Å². The van der Waals surface area contributed by atoms with E-state index >= 15 is 0 Å². The van der Waals surface area contributed by atoms with Gasteiger partial charge in [-0.2, -0.15) is 5.10 Å². The van der Waals surface area contributed by atoms with E-state index < -0.39 is 0 Å². The summed E-state index contributed by atoms with van der Waals surface area (Å²) in [5.74, 6) is -0.688. The minimum Gasteiger partial charge on any atom is -0.350 e. The average molecular weight is 449 g/mol. The number of rotatable bonds is 6. The molecule has 8 heteroatoms. The van der Waals surface area contributed by atoms with Crippen molar-refractivity contribution in [3.63, 3.8) is 0 Å². The second kappa shape index (κ2) is 9.23. The molecule has 0 fully saturated rings. The number of carbonyl (C=O) groups excluding carboxylic acids is 1. The molecule has 0 spiro atoms. The molecule has 0 radical (unpaired) electrons. The Labute approximate surface area is 188 Å². The quantitative estimate of drug-likeness (QED) is 0.482. The summed E-state index contributed by atoms with van der Waals surface area (Å²) in [5, 5.41) is 8.00. The maximum atomic E-state index is 13.2. The van der Waals surface area contributed by atoms with Crippen LogP contribution in [0.1, 0.15) is 16.1 Å². The minimum absolute atomic E-state index is 0.212. The van der Waals surface area contributed by atoms with Gasteiger partial charge in [0, 0.05) is 22.1 Å². The molecule has 6 nitrogen and oxygen atoms in total. The van der Waals surface area contributed by atoms with Crippen LogP contribution in [0, 0.1) is 19.7 Å². The van der Waals surface area contributed by atoms with E-state index in [2.05, 4.69) is 15.4 Å². The smallest absolute Gasteiger partial charge is 0.267 e. The highest BCUT2D eigenvalue weighted by atomic mass is 32.1. The molecule has 0 aliphatic rings. The van der Waals surface area contributed by atoms with Crippen LogP contribution in [0.2, 0.25) is 0 Å². The van der Waals surface area contributed by atoms with Crippen molar-refractivity contribution in [3.05, 3.63) is 93.0 Å². The summed E-state index contributed by atoms with van der Waals surface area (Å²) in [4.78, 5) is 30.3. The predicted molar refractivity (Wildman–Crippen MR) is 123 cm³/mol. The molecule has 0 unspecified atom stereocenters. The maximum Gasteiger partial charge on any atom is 0.267 e. The molecular formula is C24H21FN4O2S.